The average Bonchev–Trinajstić information content (AvgIpc) is 3.01. The Kier molecular flexibility index (Phi) is 7.49. The zero-order chi connectivity index (χ0) is 19.3. The average molecular weight is 393 g/mol. The molecule has 3 unspecified atom stereocenters. The van der Waals surface area contributed by atoms with Gasteiger partial charge in [-0.1, -0.05) is 57.4 Å². The van der Waals surface area contributed by atoms with Gasteiger partial charge in [0, 0.05) is 25.0 Å². The van der Waals surface area contributed by atoms with E-state index in [0.717, 1.165) is 31.1 Å². The lowest BCUT2D eigenvalue weighted by Gasteiger charge is -2.24. The van der Waals surface area contributed by atoms with E-state index in [9.17, 15) is 4.21 Å². The highest BCUT2D eigenvalue weighted by Crippen LogP contribution is 2.63. The van der Waals surface area contributed by atoms with E-state index in [1.165, 1.54) is 56.4 Å². The second-order valence-electron chi connectivity index (χ2n) is 8.62. The van der Waals surface area contributed by atoms with Crippen molar-refractivity contribution in [3.8, 4) is 0 Å². The lowest BCUT2D eigenvalue weighted by atomic mass is 9.90. The Hall–Kier alpha value is -0.750. The summed E-state index contributed by atoms with van der Waals surface area (Å²) in [5.41, 5.74) is 3.31. The van der Waals surface area contributed by atoms with Gasteiger partial charge in [-0.25, -0.2) is 8.93 Å². The third kappa shape index (κ3) is 5.20. The van der Waals surface area contributed by atoms with Crippen LogP contribution >= 0.6 is 0 Å². The molecular formula is C22H36N2O2S. The van der Waals surface area contributed by atoms with Crippen molar-refractivity contribution < 1.29 is 8.76 Å². The lowest BCUT2D eigenvalue weighted by molar-refractivity contribution is 0.271. The van der Waals surface area contributed by atoms with Gasteiger partial charge in [-0.15, -0.1) is 0 Å². The number of nitrogens with zero attached hydrogens (tertiary/aromatic N) is 1. The number of benzene rings is 1. The molecule has 3 atom stereocenters. The Labute approximate surface area is 167 Å². The first-order valence-corrected chi connectivity index (χ1v) is 11.8. The van der Waals surface area contributed by atoms with E-state index in [0.29, 0.717) is 12.0 Å². The van der Waals surface area contributed by atoms with Crippen LogP contribution in [0, 0.1) is 11.8 Å². The second-order valence-corrected chi connectivity index (χ2v) is 9.40. The summed E-state index contributed by atoms with van der Waals surface area (Å²) in [5, 5.41) is 0. The molecule has 0 radical (unpaired) electrons. The van der Waals surface area contributed by atoms with Crippen LogP contribution in [-0.2, 0) is 23.1 Å². The van der Waals surface area contributed by atoms with Gasteiger partial charge >= 0.3 is 0 Å². The van der Waals surface area contributed by atoms with E-state index in [-0.39, 0.29) is 0 Å². The Morgan fingerprint density at radius 2 is 1.96 bits per heavy atom. The van der Waals surface area contributed by atoms with Gasteiger partial charge in [0.25, 0.3) is 0 Å². The Morgan fingerprint density at radius 1 is 1.19 bits per heavy atom. The zero-order valence-electron chi connectivity index (χ0n) is 17.0. The predicted molar refractivity (Wildman–Crippen MR) is 113 cm³/mol. The van der Waals surface area contributed by atoms with Crippen LogP contribution in [-0.4, -0.2) is 39.8 Å². The summed E-state index contributed by atoms with van der Waals surface area (Å²) in [7, 11) is 0. The molecule has 152 valence electrons. The van der Waals surface area contributed by atoms with Crippen molar-refractivity contribution in [2.24, 2.45) is 11.8 Å². The van der Waals surface area contributed by atoms with Crippen LogP contribution in [0.2, 0.25) is 0 Å². The van der Waals surface area contributed by atoms with Gasteiger partial charge in [-0.05, 0) is 55.2 Å². The molecule has 1 aromatic carbocycles. The van der Waals surface area contributed by atoms with Gasteiger partial charge in [0.2, 0.25) is 11.3 Å². The molecule has 1 saturated heterocycles. The highest BCUT2D eigenvalue weighted by molar-refractivity contribution is 7.77. The number of likely N-dealkylation sites (tertiary alicyclic amines) is 1. The molecule has 1 aliphatic carbocycles. The summed E-state index contributed by atoms with van der Waals surface area (Å²) in [4.78, 5) is 2.69. The molecule has 1 saturated carbocycles. The van der Waals surface area contributed by atoms with E-state index in [2.05, 4.69) is 47.7 Å². The maximum atomic E-state index is 10.6. The quantitative estimate of drug-likeness (QED) is 0.415. The fourth-order valence-electron chi connectivity index (χ4n) is 5.01. The van der Waals surface area contributed by atoms with Crippen LogP contribution in [0.5, 0.6) is 0 Å². The lowest BCUT2D eigenvalue weighted by Crippen LogP contribution is -2.29. The van der Waals surface area contributed by atoms with E-state index >= 15 is 0 Å². The number of aryl methyl sites for hydroxylation is 1. The topological polar surface area (TPSA) is 52.6 Å². The molecule has 1 aliphatic heterocycles. The molecule has 2 aliphatic rings. The van der Waals surface area contributed by atoms with Crippen LogP contribution in [0.1, 0.15) is 63.5 Å². The molecule has 2 N–H and O–H groups in total. The Morgan fingerprint density at radius 3 is 2.67 bits per heavy atom. The molecule has 0 aromatic heterocycles. The number of piperidine rings is 1. The minimum atomic E-state index is -1.88. The van der Waals surface area contributed by atoms with E-state index < -0.39 is 11.3 Å². The molecule has 1 aromatic rings. The molecular weight excluding hydrogens is 356 g/mol. The van der Waals surface area contributed by atoms with Crippen molar-refractivity contribution >= 4 is 11.3 Å². The molecule has 3 rings (SSSR count). The van der Waals surface area contributed by atoms with Crippen molar-refractivity contribution in [1.82, 2.24) is 9.62 Å². The Bertz CT molecular complexity index is 624. The molecule has 0 spiro atoms. The molecule has 5 heteroatoms. The maximum absolute atomic E-state index is 10.6. The number of rotatable bonds is 12. The van der Waals surface area contributed by atoms with Gasteiger partial charge in [0.1, 0.15) is 0 Å². The summed E-state index contributed by atoms with van der Waals surface area (Å²) in [5.74, 6) is 1.67. The van der Waals surface area contributed by atoms with Crippen LogP contribution in [0.25, 0.3) is 0 Å². The monoisotopic (exact) mass is 392 g/mol. The van der Waals surface area contributed by atoms with Gasteiger partial charge in [-0.2, -0.15) is 0 Å². The third-order valence-electron chi connectivity index (χ3n) is 6.82. The van der Waals surface area contributed by atoms with Crippen LogP contribution in [0.3, 0.4) is 0 Å². The van der Waals surface area contributed by atoms with Gasteiger partial charge < -0.3 is 4.90 Å². The first-order valence-electron chi connectivity index (χ1n) is 10.7. The smallest absolute Gasteiger partial charge is 0.231 e. The SMILES string of the molecule is CCCCCCN1CC2C(C1)C2(C)c1cccc(CCCCNS(=O)O)c1. The first-order chi connectivity index (χ1) is 13.1. The minimum Gasteiger partial charge on any atom is -0.303 e. The van der Waals surface area contributed by atoms with Crippen LogP contribution in [0.15, 0.2) is 24.3 Å². The number of hydrogen-bond acceptors (Lipinski definition) is 2. The van der Waals surface area contributed by atoms with E-state index in [4.69, 9.17) is 4.55 Å². The summed E-state index contributed by atoms with van der Waals surface area (Å²) in [6.07, 6.45) is 8.44. The van der Waals surface area contributed by atoms with Gasteiger partial charge in [0.05, 0.1) is 0 Å². The van der Waals surface area contributed by atoms with Crippen molar-refractivity contribution in [2.45, 2.75) is 64.2 Å². The second kappa shape index (κ2) is 9.64. The number of fused-ring (bicyclic) bond motifs is 1. The van der Waals surface area contributed by atoms with E-state index in [1.807, 2.05) is 0 Å². The maximum Gasteiger partial charge on any atom is 0.231 e. The Balaban J connectivity index is 1.45. The summed E-state index contributed by atoms with van der Waals surface area (Å²) in [6.45, 7) is 9.19. The van der Waals surface area contributed by atoms with Crippen molar-refractivity contribution in [1.29, 1.82) is 0 Å². The first kappa shape index (κ1) is 21.0. The minimum absolute atomic E-state index is 0.380. The highest BCUT2D eigenvalue weighted by Gasteiger charge is 2.65. The highest BCUT2D eigenvalue weighted by atomic mass is 32.2. The molecule has 1 heterocycles. The van der Waals surface area contributed by atoms with Crippen molar-refractivity contribution in [3.63, 3.8) is 0 Å². The molecule has 0 amide bonds. The predicted octanol–water partition coefficient (Wildman–Crippen LogP) is 4.14. The van der Waals surface area contributed by atoms with Crippen LogP contribution < -0.4 is 4.72 Å². The molecule has 4 nitrogen and oxygen atoms in total. The summed E-state index contributed by atoms with van der Waals surface area (Å²) < 4.78 is 21.9. The molecule has 27 heavy (non-hydrogen) atoms. The summed E-state index contributed by atoms with van der Waals surface area (Å²) in [6, 6.07) is 9.18. The third-order valence-corrected chi connectivity index (χ3v) is 7.27. The summed E-state index contributed by atoms with van der Waals surface area (Å²) >= 11 is -1.88. The molecule has 2 fully saturated rings. The molecule has 0 bridgehead atoms. The fraction of sp³-hybridized carbons (Fsp3) is 0.727. The van der Waals surface area contributed by atoms with Crippen molar-refractivity contribution in [3.05, 3.63) is 35.4 Å². The van der Waals surface area contributed by atoms with E-state index in [1.54, 1.807) is 0 Å². The number of nitrogens with one attached hydrogen (secondary N) is 1. The standard InChI is InChI=1S/C22H36N2O2S/c1-3-4-5-8-14-24-16-20-21(17-24)22(20,2)19-12-9-11-18(15-19)10-6-7-13-23-27(25)26/h9,11-12,15,20-21,23H,3-8,10,13-14,16-17H2,1-2H3,(H,25,26). The normalized spacial score (nSPS) is 28.3. The number of unbranched alkanes of at least 4 members (excludes halogenated alkanes) is 4. The number of hydrogen-bond donors (Lipinski definition) is 2. The van der Waals surface area contributed by atoms with Gasteiger partial charge in [-0.3, -0.25) is 4.55 Å². The van der Waals surface area contributed by atoms with Gasteiger partial charge in [0.15, 0.2) is 0 Å². The van der Waals surface area contributed by atoms with Crippen LogP contribution in [0.4, 0.5) is 0 Å². The van der Waals surface area contributed by atoms with Crippen molar-refractivity contribution in [2.75, 3.05) is 26.2 Å². The zero-order valence-corrected chi connectivity index (χ0v) is 17.8. The largest absolute Gasteiger partial charge is 0.303 e. The fourth-order valence-corrected chi connectivity index (χ4v) is 5.33.